The maximum absolute atomic E-state index is 6.07. The molecule has 104 valence electrons. The minimum Gasteiger partial charge on any atom is -0.479 e. The van der Waals surface area contributed by atoms with E-state index < -0.39 is 0 Å². The van der Waals surface area contributed by atoms with Gasteiger partial charge in [0.2, 0.25) is 5.88 Å². The number of benzene rings is 1. The summed E-state index contributed by atoms with van der Waals surface area (Å²) in [6.45, 7) is 1.87. The smallest absolute Gasteiger partial charge is 0.242 e. The van der Waals surface area contributed by atoms with Gasteiger partial charge < -0.3 is 15.4 Å². The lowest BCUT2D eigenvalue weighted by molar-refractivity contribution is 0.399. The van der Waals surface area contributed by atoms with Gasteiger partial charge in [0.25, 0.3) is 0 Å². The Morgan fingerprint density at radius 3 is 2.80 bits per heavy atom. The molecule has 1 atom stereocenters. The molecule has 0 bridgehead atoms. The first kappa shape index (κ1) is 12.7. The number of rotatable bonds is 3. The summed E-state index contributed by atoms with van der Waals surface area (Å²) in [6, 6.07) is 10.6. The van der Waals surface area contributed by atoms with E-state index in [0.717, 1.165) is 25.3 Å². The van der Waals surface area contributed by atoms with E-state index in [9.17, 15) is 0 Å². The Balaban J connectivity index is 1.81. The van der Waals surface area contributed by atoms with E-state index in [-0.39, 0.29) is 0 Å². The van der Waals surface area contributed by atoms with Crippen LogP contribution in [0.15, 0.2) is 36.7 Å². The van der Waals surface area contributed by atoms with E-state index in [1.54, 1.807) is 7.11 Å². The highest BCUT2D eigenvalue weighted by molar-refractivity contribution is 5.68. The van der Waals surface area contributed by atoms with Crippen LogP contribution in [0.2, 0.25) is 0 Å². The van der Waals surface area contributed by atoms with Gasteiger partial charge in [0, 0.05) is 19.0 Å². The van der Waals surface area contributed by atoms with Gasteiger partial charge in [0.15, 0.2) is 5.82 Å². The van der Waals surface area contributed by atoms with Gasteiger partial charge in [-0.15, -0.1) is 0 Å². The molecule has 5 heteroatoms. The lowest BCUT2D eigenvalue weighted by Crippen LogP contribution is -2.22. The number of nitrogen functional groups attached to an aromatic ring is 1. The average Bonchev–Trinajstić information content (AvgIpc) is 2.98. The number of aromatic nitrogens is 2. The molecular formula is C15H18N4O. The molecular weight excluding hydrogens is 252 g/mol. The monoisotopic (exact) mass is 270 g/mol. The SMILES string of the molecule is COc1ncnc(N2CCC(c3ccccc3)C2)c1N. The molecule has 1 unspecified atom stereocenters. The Kier molecular flexibility index (Phi) is 3.41. The number of anilines is 2. The molecule has 2 aromatic rings. The van der Waals surface area contributed by atoms with Gasteiger partial charge in [-0.3, -0.25) is 0 Å². The fourth-order valence-corrected chi connectivity index (χ4v) is 2.74. The highest BCUT2D eigenvalue weighted by atomic mass is 16.5. The zero-order valence-electron chi connectivity index (χ0n) is 11.5. The summed E-state index contributed by atoms with van der Waals surface area (Å²) in [5.74, 6) is 1.74. The van der Waals surface area contributed by atoms with Crippen LogP contribution < -0.4 is 15.4 Å². The molecule has 0 aliphatic carbocycles. The summed E-state index contributed by atoms with van der Waals surface area (Å²) < 4.78 is 5.15. The van der Waals surface area contributed by atoms with Gasteiger partial charge >= 0.3 is 0 Å². The second-order valence-electron chi connectivity index (χ2n) is 4.96. The summed E-state index contributed by atoms with van der Waals surface area (Å²) >= 11 is 0. The molecule has 1 aromatic carbocycles. The van der Waals surface area contributed by atoms with Crippen LogP contribution in [-0.2, 0) is 0 Å². The van der Waals surface area contributed by atoms with Crippen molar-refractivity contribution in [2.45, 2.75) is 12.3 Å². The van der Waals surface area contributed by atoms with E-state index in [0.29, 0.717) is 17.5 Å². The predicted octanol–water partition coefficient (Wildman–Crippen LogP) is 2.06. The molecule has 2 N–H and O–H groups in total. The second kappa shape index (κ2) is 5.36. The van der Waals surface area contributed by atoms with Gasteiger partial charge in [0.1, 0.15) is 12.0 Å². The van der Waals surface area contributed by atoms with Crippen LogP contribution in [0.25, 0.3) is 0 Å². The van der Waals surface area contributed by atoms with Crippen LogP contribution in [0, 0.1) is 0 Å². The molecule has 3 rings (SSSR count). The summed E-state index contributed by atoms with van der Waals surface area (Å²) in [4.78, 5) is 10.5. The number of methoxy groups -OCH3 is 1. The zero-order valence-corrected chi connectivity index (χ0v) is 11.5. The Bertz CT molecular complexity index is 588. The summed E-state index contributed by atoms with van der Waals surface area (Å²) in [5.41, 5.74) is 7.95. The van der Waals surface area contributed by atoms with Gasteiger partial charge in [0.05, 0.1) is 7.11 Å². The van der Waals surface area contributed by atoms with Crippen molar-refractivity contribution in [3.05, 3.63) is 42.2 Å². The van der Waals surface area contributed by atoms with Gasteiger partial charge in [-0.2, -0.15) is 4.98 Å². The highest BCUT2D eigenvalue weighted by Crippen LogP contribution is 2.34. The highest BCUT2D eigenvalue weighted by Gasteiger charge is 2.26. The summed E-state index contributed by atoms with van der Waals surface area (Å²) in [6.07, 6.45) is 2.61. The van der Waals surface area contributed by atoms with Crippen molar-refractivity contribution in [3.63, 3.8) is 0 Å². The Morgan fingerprint density at radius 2 is 2.05 bits per heavy atom. The molecule has 0 spiro atoms. The Labute approximate surface area is 118 Å². The summed E-state index contributed by atoms with van der Waals surface area (Å²) in [7, 11) is 1.57. The van der Waals surface area contributed by atoms with Crippen molar-refractivity contribution in [1.82, 2.24) is 9.97 Å². The Hall–Kier alpha value is -2.30. The van der Waals surface area contributed by atoms with Gasteiger partial charge in [-0.1, -0.05) is 30.3 Å². The molecule has 1 fully saturated rings. The van der Waals surface area contributed by atoms with Crippen LogP contribution in [0.3, 0.4) is 0 Å². The predicted molar refractivity (Wildman–Crippen MR) is 79.0 cm³/mol. The maximum Gasteiger partial charge on any atom is 0.242 e. The van der Waals surface area contributed by atoms with Crippen LogP contribution in [0.5, 0.6) is 5.88 Å². The second-order valence-corrected chi connectivity index (χ2v) is 4.96. The van der Waals surface area contributed by atoms with Crippen molar-refractivity contribution in [2.75, 3.05) is 30.8 Å². The van der Waals surface area contributed by atoms with Crippen LogP contribution >= 0.6 is 0 Å². The van der Waals surface area contributed by atoms with Crippen LogP contribution in [0.1, 0.15) is 17.9 Å². The molecule has 2 heterocycles. The fraction of sp³-hybridized carbons (Fsp3) is 0.333. The number of ether oxygens (including phenoxy) is 1. The fourth-order valence-electron chi connectivity index (χ4n) is 2.74. The molecule has 1 aliphatic heterocycles. The number of nitrogens with two attached hydrogens (primary N) is 1. The van der Waals surface area contributed by atoms with Crippen molar-refractivity contribution in [1.29, 1.82) is 0 Å². The summed E-state index contributed by atoms with van der Waals surface area (Å²) in [5, 5.41) is 0. The largest absolute Gasteiger partial charge is 0.479 e. The first-order valence-electron chi connectivity index (χ1n) is 6.74. The van der Waals surface area contributed by atoms with E-state index in [1.807, 2.05) is 6.07 Å². The lowest BCUT2D eigenvalue weighted by atomic mass is 9.99. The molecule has 0 saturated carbocycles. The Morgan fingerprint density at radius 1 is 1.25 bits per heavy atom. The van der Waals surface area contributed by atoms with Crippen LogP contribution in [0.4, 0.5) is 11.5 Å². The lowest BCUT2D eigenvalue weighted by Gasteiger charge is -2.19. The standard InChI is InChI=1S/C15H18N4O/c1-20-15-13(16)14(17-10-18-15)19-8-7-12(9-19)11-5-3-2-4-6-11/h2-6,10,12H,7-9,16H2,1H3. The molecule has 1 aliphatic rings. The van der Waals surface area contributed by atoms with Crippen molar-refractivity contribution >= 4 is 11.5 Å². The quantitative estimate of drug-likeness (QED) is 0.925. The molecule has 20 heavy (non-hydrogen) atoms. The van der Waals surface area contributed by atoms with Crippen molar-refractivity contribution in [2.24, 2.45) is 0 Å². The maximum atomic E-state index is 6.07. The van der Waals surface area contributed by atoms with E-state index in [2.05, 4.69) is 39.1 Å². The minimum atomic E-state index is 0.443. The first-order valence-corrected chi connectivity index (χ1v) is 6.74. The van der Waals surface area contributed by atoms with Crippen LogP contribution in [-0.4, -0.2) is 30.2 Å². The first-order chi connectivity index (χ1) is 9.79. The third-order valence-electron chi connectivity index (χ3n) is 3.78. The van der Waals surface area contributed by atoms with Gasteiger partial charge in [-0.05, 0) is 12.0 Å². The number of nitrogens with zero attached hydrogens (tertiary/aromatic N) is 3. The molecule has 0 amide bonds. The van der Waals surface area contributed by atoms with Crippen molar-refractivity contribution < 1.29 is 4.74 Å². The van der Waals surface area contributed by atoms with Crippen molar-refractivity contribution in [3.8, 4) is 5.88 Å². The number of hydrogen-bond acceptors (Lipinski definition) is 5. The van der Waals surface area contributed by atoms with Gasteiger partial charge in [-0.25, -0.2) is 4.98 Å². The topological polar surface area (TPSA) is 64.3 Å². The molecule has 1 saturated heterocycles. The van der Waals surface area contributed by atoms with E-state index in [4.69, 9.17) is 10.5 Å². The normalized spacial score (nSPS) is 18.2. The number of hydrogen-bond donors (Lipinski definition) is 1. The minimum absolute atomic E-state index is 0.443. The zero-order chi connectivity index (χ0) is 13.9. The molecule has 1 aromatic heterocycles. The van der Waals surface area contributed by atoms with E-state index >= 15 is 0 Å². The molecule has 5 nitrogen and oxygen atoms in total. The third kappa shape index (κ3) is 2.27. The average molecular weight is 270 g/mol. The van der Waals surface area contributed by atoms with E-state index in [1.165, 1.54) is 11.9 Å². The third-order valence-corrected chi connectivity index (χ3v) is 3.78. The molecule has 0 radical (unpaired) electrons.